The van der Waals surface area contributed by atoms with Gasteiger partial charge >= 0.3 is 6.61 Å². The second-order valence-electron chi connectivity index (χ2n) is 3.27. The summed E-state index contributed by atoms with van der Waals surface area (Å²) in [6.07, 6.45) is 2.88. The first-order chi connectivity index (χ1) is 8.72. The lowest BCUT2D eigenvalue weighted by atomic mass is 10.1. The van der Waals surface area contributed by atoms with Crippen molar-refractivity contribution in [3.05, 3.63) is 36.7 Å². The Morgan fingerprint density at radius 2 is 1.89 bits per heavy atom. The average Bonchev–Trinajstić information content (AvgIpc) is 2.39. The summed E-state index contributed by atoms with van der Waals surface area (Å²) in [5.41, 5.74) is 3.09. The summed E-state index contributed by atoms with van der Waals surface area (Å²) in [6, 6.07) is 6.30. The molecule has 0 amide bonds. The summed E-state index contributed by atoms with van der Waals surface area (Å²) in [5, 5.41) is 0. The van der Waals surface area contributed by atoms with Gasteiger partial charge in [-0.25, -0.2) is 10.8 Å². The minimum atomic E-state index is -2.91. The van der Waals surface area contributed by atoms with E-state index in [1.54, 1.807) is 18.2 Å². The molecule has 0 aliphatic rings. The number of nitrogens with two attached hydrogens (primary N) is 1. The topological polar surface area (TPSA) is 73.1 Å². The van der Waals surface area contributed by atoms with Crippen LogP contribution in [0, 0.1) is 0 Å². The zero-order valence-electron chi connectivity index (χ0n) is 9.18. The molecule has 1 heterocycles. The summed E-state index contributed by atoms with van der Waals surface area (Å²) in [7, 11) is 0. The number of hydrogen-bond acceptors (Lipinski definition) is 5. The number of nitrogens with zero attached hydrogens (tertiary/aromatic N) is 2. The Morgan fingerprint density at radius 1 is 1.17 bits per heavy atom. The molecule has 2 rings (SSSR count). The molecule has 18 heavy (non-hydrogen) atoms. The Bertz CT molecular complexity index is 536. The predicted molar refractivity (Wildman–Crippen MR) is 61.9 cm³/mol. The Hall–Kier alpha value is -2.28. The van der Waals surface area contributed by atoms with E-state index in [4.69, 9.17) is 5.84 Å². The summed E-state index contributed by atoms with van der Waals surface area (Å²) in [5.74, 6) is 5.60. The van der Waals surface area contributed by atoms with Gasteiger partial charge in [0.15, 0.2) is 5.82 Å². The number of hydrazine groups is 1. The number of ether oxygens (including phenoxy) is 1. The van der Waals surface area contributed by atoms with Gasteiger partial charge in [-0.15, -0.1) is 0 Å². The Morgan fingerprint density at radius 3 is 2.61 bits per heavy atom. The van der Waals surface area contributed by atoms with Crippen LogP contribution in [0.25, 0.3) is 11.3 Å². The number of para-hydroxylation sites is 1. The molecule has 94 valence electrons. The van der Waals surface area contributed by atoms with Crippen LogP contribution in [0.1, 0.15) is 0 Å². The van der Waals surface area contributed by atoms with Gasteiger partial charge in [0.25, 0.3) is 0 Å². The molecule has 0 bridgehead atoms. The van der Waals surface area contributed by atoms with Gasteiger partial charge < -0.3 is 10.2 Å². The fourth-order valence-corrected chi connectivity index (χ4v) is 1.50. The molecule has 7 heteroatoms. The lowest BCUT2D eigenvalue weighted by molar-refractivity contribution is -0.0494. The third kappa shape index (κ3) is 2.51. The molecule has 0 aliphatic carbocycles. The number of halogens is 2. The van der Waals surface area contributed by atoms with E-state index in [0.29, 0.717) is 11.3 Å². The molecule has 0 radical (unpaired) electrons. The van der Waals surface area contributed by atoms with E-state index in [1.165, 1.54) is 18.5 Å². The zero-order valence-corrected chi connectivity index (χ0v) is 9.18. The highest BCUT2D eigenvalue weighted by Gasteiger charge is 2.14. The van der Waals surface area contributed by atoms with E-state index in [-0.39, 0.29) is 11.6 Å². The Kier molecular flexibility index (Phi) is 3.63. The number of nitrogen functional groups attached to an aromatic ring is 1. The van der Waals surface area contributed by atoms with Crippen molar-refractivity contribution in [2.45, 2.75) is 6.61 Å². The van der Waals surface area contributed by atoms with Crippen molar-refractivity contribution >= 4 is 5.82 Å². The highest BCUT2D eigenvalue weighted by atomic mass is 19.3. The summed E-state index contributed by atoms with van der Waals surface area (Å²) < 4.78 is 29.0. The van der Waals surface area contributed by atoms with Crippen LogP contribution in [0.3, 0.4) is 0 Å². The first-order valence-corrected chi connectivity index (χ1v) is 5.04. The van der Waals surface area contributed by atoms with Crippen LogP contribution in [0.5, 0.6) is 5.75 Å². The normalized spacial score (nSPS) is 10.4. The maximum atomic E-state index is 12.3. The van der Waals surface area contributed by atoms with Gasteiger partial charge in [-0.05, 0) is 12.1 Å². The molecule has 0 fully saturated rings. The molecule has 2 aromatic rings. The number of benzene rings is 1. The first-order valence-electron chi connectivity index (χ1n) is 5.04. The molecule has 0 aliphatic heterocycles. The van der Waals surface area contributed by atoms with Crippen LogP contribution in [-0.2, 0) is 0 Å². The van der Waals surface area contributed by atoms with E-state index >= 15 is 0 Å². The quantitative estimate of drug-likeness (QED) is 0.643. The van der Waals surface area contributed by atoms with Crippen molar-refractivity contribution in [2.24, 2.45) is 5.84 Å². The molecular weight excluding hydrogens is 242 g/mol. The molecule has 3 N–H and O–H groups in total. The second-order valence-corrected chi connectivity index (χ2v) is 3.27. The highest BCUT2D eigenvalue weighted by molar-refractivity contribution is 5.75. The van der Waals surface area contributed by atoms with E-state index in [1.807, 2.05) is 0 Å². The van der Waals surface area contributed by atoms with Crippen molar-refractivity contribution in [2.75, 3.05) is 5.43 Å². The third-order valence-corrected chi connectivity index (χ3v) is 2.19. The van der Waals surface area contributed by atoms with E-state index in [9.17, 15) is 8.78 Å². The molecule has 0 saturated heterocycles. The molecule has 0 atom stereocenters. The number of anilines is 1. The average molecular weight is 252 g/mol. The van der Waals surface area contributed by atoms with E-state index in [2.05, 4.69) is 20.1 Å². The number of alkyl halides is 2. The van der Waals surface area contributed by atoms with Crippen LogP contribution in [0.4, 0.5) is 14.6 Å². The summed E-state index contributed by atoms with van der Waals surface area (Å²) in [6.45, 7) is -2.91. The lowest BCUT2D eigenvalue weighted by Crippen LogP contribution is -2.11. The lowest BCUT2D eigenvalue weighted by Gasteiger charge is -2.11. The van der Waals surface area contributed by atoms with Gasteiger partial charge in [-0.1, -0.05) is 12.1 Å². The fourth-order valence-electron chi connectivity index (χ4n) is 1.50. The van der Waals surface area contributed by atoms with E-state index < -0.39 is 6.61 Å². The number of aromatic nitrogens is 2. The van der Waals surface area contributed by atoms with Crippen molar-refractivity contribution in [3.63, 3.8) is 0 Å². The molecular formula is C11H10F2N4O. The van der Waals surface area contributed by atoms with Gasteiger partial charge in [0.05, 0.1) is 0 Å². The highest BCUT2D eigenvalue weighted by Crippen LogP contribution is 2.32. The van der Waals surface area contributed by atoms with Crippen molar-refractivity contribution in [1.29, 1.82) is 0 Å². The smallest absolute Gasteiger partial charge is 0.387 e. The monoisotopic (exact) mass is 252 g/mol. The van der Waals surface area contributed by atoms with Crippen LogP contribution >= 0.6 is 0 Å². The van der Waals surface area contributed by atoms with Crippen molar-refractivity contribution < 1.29 is 13.5 Å². The maximum Gasteiger partial charge on any atom is 0.387 e. The number of nitrogens with one attached hydrogen (secondary N) is 1. The SMILES string of the molecule is NNc1nccnc1-c1ccccc1OC(F)F. The molecule has 1 aromatic heterocycles. The van der Waals surface area contributed by atoms with Crippen molar-refractivity contribution in [1.82, 2.24) is 9.97 Å². The third-order valence-electron chi connectivity index (χ3n) is 2.19. The maximum absolute atomic E-state index is 12.3. The predicted octanol–water partition coefficient (Wildman–Crippen LogP) is 2.03. The standard InChI is InChI=1S/C11H10F2N4O/c12-11(13)18-8-4-2-1-3-7(8)9-10(17-14)16-6-5-15-9/h1-6,11H,14H2,(H,16,17). The largest absolute Gasteiger partial charge is 0.434 e. The molecule has 1 aromatic carbocycles. The fraction of sp³-hybridized carbons (Fsp3) is 0.0909. The second kappa shape index (κ2) is 5.37. The minimum absolute atomic E-state index is 0.0181. The van der Waals surface area contributed by atoms with Gasteiger partial charge in [0.2, 0.25) is 0 Å². The molecule has 0 saturated carbocycles. The van der Waals surface area contributed by atoms with E-state index in [0.717, 1.165) is 0 Å². The Balaban J connectivity index is 2.49. The van der Waals surface area contributed by atoms with Gasteiger partial charge in [0, 0.05) is 18.0 Å². The zero-order chi connectivity index (χ0) is 13.0. The van der Waals surface area contributed by atoms with Crippen LogP contribution in [0.15, 0.2) is 36.7 Å². The van der Waals surface area contributed by atoms with Crippen molar-refractivity contribution in [3.8, 4) is 17.0 Å². The number of hydrogen-bond donors (Lipinski definition) is 2. The summed E-state index contributed by atoms with van der Waals surface area (Å²) >= 11 is 0. The molecule has 5 nitrogen and oxygen atoms in total. The minimum Gasteiger partial charge on any atom is -0.434 e. The first kappa shape index (κ1) is 12.2. The summed E-state index contributed by atoms with van der Waals surface area (Å²) in [4.78, 5) is 8.01. The molecule has 0 unspecified atom stereocenters. The Labute approximate surface area is 102 Å². The van der Waals surface area contributed by atoms with Crippen LogP contribution < -0.4 is 16.0 Å². The van der Waals surface area contributed by atoms with Gasteiger partial charge in [-0.2, -0.15) is 8.78 Å². The van der Waals surface area contributed by atoms with Gasteiger partial charge in [0.1, 0.15) is 11.4 Å². The molecule has 0 spiro atoms. The van der Waals surface area contributed by atoms with Gasteiger partial charge in [-0.3, -0.25) is 4.98 Å². The number of rotatable bonds is 4. The van der Waals surface area contributed by atoms with Crippen LogP contribution in [0.2, 0.25) is 0 Å². The van der Waals surface area contributed by atoms with Crippen LogP contribution in [-0.4, -0.2) is 16.6 Å².